The van der Waals surface area contributed by atoms with Crippen molar-refractivity contribution in [3.63, 3.8) is 0 Å². The van der Waals surface area contributed by atoms with Crippen LogP contribution in [0.25, 0.3) is 0 Å². The summed E-state index contributed by atoms with van der Waals surface area (Å²) in [7, 11) is 0. The van der Waals surface area contributed by atoms with E-state index in [-0.39, 0.29) is 5.91 Å². The highest BCUT2D eigenvalue weighted by atomic mass is 16.2. The lowest BCUT2D eigenvalue weighted by atomic mass is 10.1. The van der Waals surface area contributed by atoms with E-state index in [1.54, 1.807) is 0 Å². The zero-order valence-electron chi connectivity index (χ0n) is 23.2. The van der Waals surface area contributed by atoms with Gasteiger partial charge in [0.05, 0.1) is 6.54 Å². The number of piperazine rings is 2. The lowest BCUT2D eigenvalue weighted by molar-refractivity contribution is -0.120. The van der Waals surface area contributed by atoms with Crippen LogP contribution in [0.4, 0.5) is 11.4 Å². The summed E-state index contributed by atoms with van der Waals surface area (Å²) in [5.41, 5.74) is 3.80. The molecule has 192 valence electrons. The average molecular weight is 471 g/mol. The first-order valence-corrected chi connectivity index (χ1v) is 13.2. The van der Waals surface area contributed by atoms with Gasteiger partial charge in [-0.05, 0) is 45.0 Å². The summed E-state index contributed by atoms with van der Waals surface area (Å²) in [5.74, 6) is 0.107. The van der Waals surface area contributed by atoms with E-state index in [9.17, 15) is 4.79 Å². The molecule has 2 unspecified atom stereocenters. The zero-order valence-corrected chi connectivity index (χ0v) is 23.2. The molecule has 2 aliphatic rings. The molecule has 0 spiro atoms. The normalized spacial score (nSPS) is 18.8. The fourth-order valence-electron chi connectivity index (χ4n) is 3.79. The van der Waals surface area contributed by atoms with Gasteiger partial charge in [0.1, 0.15) is 0 Å². The number of benzene rings is 2. The minimum absolute atomic E-state index is 0.107. The third-order valence-electron chi connectivity index (χ3n) is 5.12. The monoisotopic (exact) mass is 470 g/mol. The van der Waals surface area contributed by atoms with Crippen molar-refractivity contribution in [1.29, 1.82) is 0 Å². The molecule has 4 rings (SSSR count). The molecule has 0 aliphatic carbocycles. The number of hydrogen-bond acceptors (Lipinski definition) is 4. The smallest absolute Gasteiger partial charge is 0.239 e. The maximum Gasteiger partial charge on any atom is 0.239 e. The Morgan fingerprint density at radius 1 is 0.735 bits per heavy atom. The van der Waals surface area contributed by atoms with Gasteiger partial charge in [0.2, 0.25) is 5.91 Å². The lowest BCUT2D eigenvalue weighted by Gasteiger charge is -2.37. The van der Waals surface area contributed by atoms with Gasteiger partial charge in [-0.2, -0.15) is 0 Å². The van der Waals surface area contributed by atoms with E-state index in [4.69, 9.17) is 0 Å². The summed E-state index contributed by atoms with van der Waals surface area (Å²) in [4.78, 5) is 15.6. The molecule has 2 aliphatic heterocycles. The van der Waals surface area contributed by atoms with E-state index < -0.39 is 0 Å². The summed E-state index contributed by atoms with van der Waals surface area (Å²) in [5, 5.41) is 6.35. The Bertz CT molecular complexity index is 738. The fraction of sp³-hybridized carbons (Fsp3) is 0.552. The van der Waals surface area contributed by atoms with Crippen LogP contribution in [0.2, 0.25) is 0 Å². The van der Waals surface area contributed by atoms with Crippen molar-refractivity contribution in [3.8, 4) is 0 Å². The minimum atomic E-state index is 0.107. The predicted octanol–water partition coefficient (Wildman–Crippen LogP) is 5.88. The quantitative estimate of drug-likeness (QED) is 0.575. The maximum absolute atomic E-state index is 11.1. The molecule has 2 aromatic rings. The Hall–Kier alpha value is -2.53. The van der Waals surface area contributed by atoms with Gasteiger partial charge in [-0.15, -0.1) is 0 Å². The molecule has 0 aromatic heterocycles. The van der Waals surface area contributed by atoms with Crippen LogP contribution in [0.3, 0.4) is 0 Å². The number of aryl methyl sites for hydroxylation is 1. The van der Waals surface area contributed by atoms with Gasteiger partial charge in [-0.3, -0.25) is 4.79 Å². The first kappa shape index (κ1) is 31.5. The second-order valence-corrected chi connectivity index (χ2v) is 7.82. The van der Waals surface area contributed by atoms with Crippen LogP contribution in [0.5, 0.6) is 0 Å². The molecular weight excluding hydrogens is 420 g/mol. The van der Waals surface area contributed by atoms with E-state index >= 15 is 0 Å². The number of hydrogen-bond donors (Lipinski definition) is 2. The van der Waals surface area contributed by atoms with E-state index in [0.29, 0.717) is 18.6 Å². The van der Waals surface area contributed by atoms with Gasteiger partial charge in [-0.1, -0.05) is 77.4 Å². The summed E-state index contributed by atoms with van der Waals surface area (Å²) in [6, 6.07) is 20.0. The number of amides is 1. The van der Waals surface area contributed by atoms with E-state index in [2.05, 4.69) is 65.5 Å². The number of anilines is 2. The van der Waals surface area contributed by atoms with E-state index in [1.165, 1.54) is 11.3 Å². The van der Waals surface area contributed by atoms with Gasteiger partial charge >= 0.3 is 0 Å². The van der Waals surface area contributed by atoms with Gasteiger partial charge in [0.25, 0.3) is 0 Å². The molecule has 0 saturated carbocycles. The van der Waals surface area contributed by atoms with Crippen LogP contribution < -0.4 is 20.4 Å². The molecule has 5 heteroatoms. The molecule has 0 radical (unpaired) electrons. The van der Waals surface area contributed by atoms with E-state index in [0.717, 1.165) is 31.9 Å². The van der Waals surface area contributed by atoms with Crippen LogP contribution in [0.1, 0.15) is 61.0 Å². The molecule has 0 bridgehead atoms. The molecule has 2 atom stereocenters. The largest absolute Gasteiger partial charge is 0.368 e. The molecule has 34 heavy (non-hydrogen) atoms. The van der Waals surface area contributed by atoms with Gasteiger partial charge < -0.3 is 20.4 Å². The summed E-state index contributed by atoms with van der Waals surface area (Å²) in [6.07, 6.45) is 0. The van der Waals surface area contributed by atoms with Crippen molar-refractivity contribution in [1.82, 2.24) is 10.6 Å². The van der Waals surface area contributed by atoms with Crippen molar-refractivity contribution in [2.45, 2.75) is 74.4 Å². The van der Waals surface area contributed by atoms with Crippen molar-refractivity contribution < 1.29 is 4.79 Å². The topological polar surface area (TPSA) is 47.6 Å². The van der Waals surface area contributed by atoms with Crippen LogP contribution in [-0.2, 0) is 4.79 Å². The molecule has 2 fully saturated rings. The van der Waals surface area contributed by atoms with Crippen molar-refractivity contribution >= 4 is 17.3 Å². The molecule has 1 amide bonds. The molecule has 2 N–H and O–H groups in total. The Labute approximate surface area is 209 Å². The van der Waals surface area contributed by atoms with Crippen LogP contribution >= 0.6 is 0 Å². The first-order valence-electron chi connectivity index (χ1n) is 13.2. The van der Waals surface area contributed by atoms with Gasteiger partial charge in [-0.25, -0.2) is 0 Å². The van der Waals surface area contributed by atoms with Gasteiger partial charge in [0, 0.05) is 49.6 Å². The average Bonchev–Trinajstić information content (AvgIpc) is 2.88. The Kier molecular flexibility index (Phi) is 17.4. The Morgan fingerprint density at radius 3 is 1.74 bits per heavy atom. The number of para-hydroxylation sites is 1. The summed E-state index contributed by atoms with van der Waals surface area (Å²) >= 11 is 0. The van der Waals surface area contributed by atoms with Crippen LogP contribution in [0.15, 0.2) is 54.6 Å². The second-order valence-electron chi connectivity index (χ2n) is 7.82. The van der Waals surface area contributed by atoms with Crippen molar-refractivity contribution in [2.75, 3.05) is 42.5 Å². The summed E-state index contributed by atoms with van der Waals surface area (Å²) < 4.78 is 0. The highest BCUT2D eigenvalue weighted by Gasteiger charge is 2.20. The van der Waals surface area contributed by atoms with Crippen molar-refractivity contribution in [3.05, 3.63) is 60.2 Å². The Balaban J connectivity index is 0.000000529. The first-order chi connectivity index (χ1) is 16.5. The number of nitrogens with one attached hydrogen (secondary N) is 2. The molecular formula is C29H50N4O. The molecule has 2 aromatic carbocycles. The standard InChI is InChI=1S/C13H20N2.C10H12N2O.3C2H6/c1-10-4-6-13(7-5-10)15-8-11(2)14-12(3)9-15;13-10-8-12(7-6-11-10)9-4-2-1-3-5-9;3*1-2/h4-7,11-12,14H,8-9H2,1-3H3;1-5H,6-8H2,(H,11,13);3*1-2H3. The Morgan fingerprint density at radius 2 is 1.24 bits per heavy atom. The minimum Gasteiger partial charge on any atom is -0.368 e. The fourth-order valence-corrected chi connectivity index (χ4v) is 3.79. The zero-order chi connectivity index (χ0) is 25.9. The predicted molar refractivity (Wildman–Crippen MR) is 151 cm³/mol. The van der Waals surface area contributed by atoms with Crippen LogP contribution in [-0.4, -0.2) is 50.7 Å². The highest BCUT2D eigenvalue weighted by molar-refractivity contribution is 5.82. The number of carbonyl (C=O) groups excluding carboxylic acids is 1. The summed E-state index contributed by atoms with van der Waals surface area (Å²) in [6.45, 7) is 23.0. The number of nitrogens with zero attached hydrogens (tertiary/aromatic N) is 2. The van der Waals surface area contributed by atoms with Crippen molar-refractivity contribution in [2.24, 2.45) is 0 Å². The molecule has 5 nitrogen and oxygen atoms in total. The second kappa shape index (κ2) is 18.8. The SMILES string of the molecule is CC.CC.CC.Cc1ccc(N2CC(C)NC(C)C2)cc1.O=C1CN(c2ccccc2)CCN1. The highest BCUT2D eigenvalue weighted by Crippen LogP contribution is 2.18. The third-order valence-corrected chi connectivity index (χ3v) is 5.12. The number of rotatable bonds is 2. The maximum atomic E-state index is 11.1. The van der Waals surface area contributed by atoms with Gasteiger partial charge in [0.15, 0.2) is 0 Å². The third kappa shape index (κ3) is 11.6. The molecule has 2 heterocycles. The molecule has 2 saturated heterocycles. The lowest BCUT2D eigenvalue weighted by Crippen LogP contribution is -2.54. The van der Waals surface area contributed by atoms with Crippen LogP contribution in [0, 0.1) is 6.92 Å². The number of carbonyl (C=O) groups is 1. The van der Waals surface area contributed by atoms with E-state index in [1.807, 2.05) is 71.9 Å².